The average molecular weight is 452 g/mol. The molecule has 2 aromatic carbocycles. The van der Waals surface area contributed by atoms with E-state index in [2.05, 4.69) is 40.3 Å². The number of hydrogen-bond donors (Lipinski definition) is 2. The van der Waals surface area contributed by atoms with E-state index in [4.69, 9.17) is 10.5 Å². The van der Waals surface area contributed by atoms with Crippen molar-refractivity contribution in [1.29, 1.82) is 0 Å². The van der Waals surface area contributed by atoms with Crippen molar-refractivity contribution in [1.82, 2.24) is 0 Å². The molecule has 0 radical (unpaired) electrons. The van der Waals surface area contributed by atoms with Crippen LogP contribution in [0.25, 0.3) is 0 Å². The van der Waals surface area contributed by atoms with E-state index in [0.29, 0.717) is 12.5 Å². The normalized spacial score (nSPS) is 14.8. The number of nitrogens with zero attached hydrogens (tertiary/aromatic N) is 2. The number of nitrogens with two attached hydrogens (primary N) is 1. The first kappa shape index (κ1) is 19.5. The van der Waals surface area contributed by atoms with Gasteiger partial charge >= 0.3 is 0 Å². The number of guanidine groups is 1. The predicted octanol–water partition coefficient (Wildman–Crippen LogP) is 3.38. The first-order chi connectivity index (χ1) is 11.7. The molecule has 2 aromatic rings. The molecular weight excluding hydrogens is 427 g/mol. The zero-order valence-corrected chi connectivity index (χ0v) is 16.8. The van der Waals surface area contributed by atoms with E-state index in [0.717, 1.165) is 32.0 Å². The Hall–Kier alpha value is -1.80. The Morgan fingerprint density at radius 1 is 1.12 bits per heavy atom. The van der Waals surface area contributed by atoms with Crippen molar-refractivity contribution in [2.75, 3.05) is 36.5 Å². The highest BCUT2D eigenvalue weighted by molar-refractivity contribution is 14.0. The number of nitrogens with one attached hydrogen (secondary N) is 1. The van der Waals surface area contributed by atoms with Gasteiger partial charge in [-0.15, -0.1) is 24.0 Å². The first-order valence-electron chi connectivity index (χ1n) is 8.26. The summed E-state index contributed by atoms with van der Waals surface area (Å²) in [4.78, 5) is 6.84. The van der Waals surface area contributed by atoms with Gasteiger partial charge in [0.1, 0.15) is 0 Å². The van der Waals surface area contributed by atoms with E-state index in [1.54, 1.807) is 0 Å². The van der Waals surface area contributed by atoms with Crippen molar-refractivity contribution in [3.63, 3.8) is 0 Å². The summed E-state index contributed by atoms with van der Waals surface area (Å²) >= 11 is 0. The maximum atomic E-state index is 6.03. The number of hydrogen-bond acceptors (Lipinski definition) is 3. The summed E-state index contributed by atoms with van der Waals surface area (Å²) in [6.45, 7) is 5.99. The number of aliphatic imine (C=N–C) groups is 1. The largest absolute Gasteiger partial charge is 0.378 e. The molecule has 1 heterocycles. The summed E-state index contributed by atoms with van der Waals surface area (Å²) in [6.07, 6.45) is 0. The molecule has 0 spiro atoms. The molecule has 0 unspecified atom stereocenters. The van der Waals surface area contributed by atoms with Gasteiger partial charge in [0.05, 0.1) is 19.8 Å². The molecule has 3 rings (SSSR count). The van der Waals surface area contributed by atoms with Crippen molar-refractivity contribution >= 4 is 41.3 Å². The van der Waals surface area contributed by atoms with Crippen molar-refractivity contribution in [3.8, 4) is 0 Å². The van der Waals surface area contributed by atoms with Crippen LogP contribution >= 0.6 is 24.0 Å². The molecule has 0 amide bonds. The molecule has 3 N–H and O–H groups in total. The highest BCUT2D eigenvalue weighted by Crippen LogP contribution is 2.22. The van der Waals surface area contributed by atoms with Crippen LogP contribution in [0.2, 0.25) is 0 Å². The van der Waals surface area contributed by atoms with Crippen LogP contribution < -0.4 is 16.0 Å². The fourth-order valence-electron chi connectivity index (χ4n) is 2.75. The second-order valence-corrected chi connectivity index (χ2v) is 5.92. The van der Waals surface area contributed by atoms with Gasteiger partial charge in [0, 0.05) is 24.5 Å². The van der Waals surface area contributed by atoms with Crippen molar-refractivity contribution in [2.24, 2.45) is 10.7 Å². The van der Waals surface area contributed by atoms with Gasteiger partial charge in [0.25, 0.3) is 0 Å². The van der Waals surface area contributed by atoms with Crippen molar-refractivity contribution in [3.05, 3.63) is 59.7 Å². The van der Waals surface area contributed by atoms with Crippen LogP contribution in [0.1, 0.15) is 11.1 Å². The number of rotatable bonds is 4. The summed E-state index contributed by atoms with van der Waals surface area (Å²) < 4.78 is 5.43. The SMILES string of the molecule is Cc1ccc(NC(N)=NCc2ccccc2N2CCOCC2)cc1.I. The van der Waals surface area contributed by atoms with E-state index in [9.17, 15) is 0 Å². The maximum Gasteiger partial charge on any atom is 0.193 e. The number of anilines is 2. The third-order valence-electron chi connectivity index (χ3n) is 4.09. The molecule has 1 fully saturated rings. The number of morpholine rings is 1. The van der Waals surface area contributed by atoms with Gasteiger partial charge in [0.15, 0.2) is 5.96 Å². The highest BCUT2D eigenvalue weighted by atomic mass is 127. The Kier molecular flexibility index (Phi) is 7.52. The van der Waals surface area contributed by atoms with E-state index in [1.165, 1.54) is 16.8 Å². The second-order valence-electron chi connectivity index (χ2n) is 5.92. The smallest absolute Gasteiger partial charge is 0.193 e. The number of ether oxygens (including phenoxy) is 1. The Bertz CT molecular complexity index is 697. The topological polar surface area (TPSA) is 62.9 Å². The first-order valence-corrected chi connectivity index (χ1v) is 8.26. The number of benzene rings is 2. The fraction of sp³-hybridized carbons (Fsp3) is 0.316. The molecule has 0 aliphatic carbocycles. The lowest BCUT2D eigenvalue weighted by Crippen LogP contribution is -2.36. The molecule has 5 nitrogen and oxygen atoms in total. The number of halogens is 1. The lowest BCUT2D eigenvalue weighted by molar-refractivity contribution is 0.122. The molecule has 1 aliphatic rings. The lowest BCUT2D eigenvalue weighted by atomic mass is 10.1. The van der Waals surface area contributed by atoms with Gasteiger partial charge in [0.2, 0.25) is 0 Å². The molecule has 25 heavy (non-hydrogen) atoms. The van der Waals surface area contributed by atoms with Gasteiger partial charge in [-0.2, -0.15) is 0 Å². The maximum absolute atomic E-state index is 6.03. The summed E-state index contributed by atoms with van der Waals surface area (Å²) in [5.41, 5.74) is 10.6. The van der Waals surface area contributed by atoms with Gasteiger partial charge in [-0.1, -0.05) is 35.9 Å². The lowest BCUT2D eigenvalue weighted by Gasteiger charge is -2.30. The zero-order valence-electron chi connectivity index (χ0n) is 14.4. The molecular formula is C19H25IN4O. The van der Waals surface area contributed by atoms with E-state index in [1.807, 2.05) is 30.3 Å². The van der Waals surface area contributed by atoms with Crippen molar-refractivity contribution < 1.29 is 4.74 Å². The van der Waals surface area contributed by atoms with Gasteiger partial charge in [-0.05, 0) is 30.7 Å². The summed E-state index contributed by atoms with van der Waals surface area (Å²) in [5.74, 6) is 0.427. The molecule has 0 saturated carbocycles. The molecule has 1 saturated heterocycles. The Labute approximate surface area is 166 Å². The molecule has 1 aliphatic heterocycles. The van der Waals surface area contributed by atoms with E-state index >= 15 is 0 Å². The summed E-state index contributed by atoms with van der Waals surface area (Å²) in [7, 11) is 0. The number of aryl methyl sites for hydroxylation is 1. The van der Waals surface area contributed by atoms with E-state index < -0.39 is 0 Å². The Balaban J connectivity index is 0.00000225. The third-order valence-corrected chi connectivity index (χ3v) is 4.09. The predicted molar refractivity (Wildman–Crippen MR) is 115 cm³/mol. The zero-order chi connectivity index (χ0) is 16.8. The minimum absolute atomic E-state index is 0. The molecule has 0 aromatic heterocycles. The summed E-state index contributed by atoms with van der Waals surface area (Å²) in [5, 5.41) is 3.13. The van der Waals surface area contributed by atoms with Crippen LogP contribution in [0.4, 0.5) is 11.4 Å². The van der Waals surface area contributed by atoms with Crippen molar-refractivity contribution in [2.45, 2.75) is 13.5 Å². The quantitative estimate of drug-likeness (QED) is 0.424. The molecule has 134 valence electrons. The van der Waals surface area contributed by atoms with Crippen LogP contribution in [0.15, 0.2) is 53.5 Å². The Morgan fingerprint density at radius 2 is 1.80 bits per heavy atom. The van der Waals surface area contributed by atoms with Crippen LogP contribution in [-0.2, 0) is 11.3 Å². The van der Waals surface area contributed by atoms with Crippen LogP contribution in [-0.4, -0.2) is 32.3 Å². The summed E-state index contributed by atoms with van der Waals surface area (Å²) in [6, 6.07) is 16.4. The van der Waals surface area contributed by atoms with E-state index in [-0.39, 0.29) is 24.0 Å². The number of para-hydroxylation sites is 1. The second kappa shape index (κ2) is 9.62. The van der Waals surface area contributed by atoms with Crippen LogP contribution in [0.5, 0.6) is 0 Å². The fourth-order valence-corrected chi connectivity index (χ4v) is 2.75. The van der Waals surface area contributed by atoms with Crippen LogP contribution in [0, 0.1) is 6.92 Å². The van der Waals surface area contributed by atoms with Gasteiger partial charge in [-0.25, -0.2) is 4.99 Å². The molecule has 0 bridgehead atoms. The van der Waals surface area contributed by atoms with Crippen LogP contribution in [0.3, 0.4) is 0 Å². The minimum atomic E-state index is 0. The van der Waals surface area contributed by atoms with Gasteiger partial charge in [-0.3, -0.25) is 0 Å². The standard InChI is InChI=1S/C19H24N4O.HI/c1-15-6-8-17(9-7-15)22-19(20)21-14-16-4-2-3-5-18(16)23-10-12-24-13-11-23;/h2-9H,10-14H2,1H3,(H3,20,21,22);1H. The minimum Gasteiger partial charge on any atom is -0.378 e. The molecule has 0 atom stereocenters. The monoisotopic (exact) mass is 452 g/mol. The third kappa shape index (κ3) is 5.61. The average Bonchev–Trinajstić information content (AvgIpc) is 2.63. The Morgan fingerprint density at radius 3 is 2.52 bits per heavy atom. The highest BCUT2D eigenvalue weighted by Gasteiger charge is 2.14. The molecule has 6 heteroatoms. The van der Waals surface area contributed by atoms with Gasteiger partial charge < -0.3 is 20.7 Å².